The van der Waals surface area contributed by atoms with Crippen molar-refractivity contribution in [3.05, 3.63) is 161 Å². The largest absolute Gasteiger partial charge is 0.456 e. The van der Waals surface area contributed by atoms with E-state index in [1.807, 2.05) is 6.07 Å². The van der Waals surface area contributed by atoms with Crippen molar-refractivity contribution in [3.63, 3.8) is 0 Å². The van der Waals surface area contributed by atoms with E-state index in [1.165, 1.54) is 60.8 Å². The van der Waals surface area contributed by atoms with Crippen molar-refractivity contribution in [2.75, 3.05) is 4.90 Å². The molecule has 0 saturated carbocycles. The average molecular weight is 714 g/mol. The summed E-state index contributed by atoms with van der Waals surface area (Å²) in [5, 5.41) is 4.60. The third-order valence-corrected chi connectivity index (χ3v) is 12.8. The fraction of sp³-hybridized carbons (Fsp3) is 0.192. The SMILES string of the molecule is CC(C)(C)c1ccc2oc3ccc4c(c3c2c1)-c1c(N(c2ccc3c(c2)C(C)(C)c2ccccc2-3)c2ccc3oc5ccccc5c3c2)cccc1C4(C)C. The predicted octanol–water partition coefficient (Wildman–Crippen LogP) is 14.9. The third-order valence-electron chi connectivity index (χ3n) is 12.8. The van der Waals surface area contributed by atoms with Crippen LogP contribution in [0.3, 0.4) is 0 Å². The van der Waals surface area contributed by atoms with Gasteiger partial charge in [0.2, 0.25) is 0 Å². The highest BCUT2D eigenvalue weighted by Gasteiger charge is 2.41. The number of hydrogen-bond acceptors (Lipinski definition) is 3. The lowest BCUT2D eigenvalue weighted by Crippen LogP contribution is -2.17. The molecule has 3 nitrogen and oxygen atoms in total. The number of rotatable bonds is 3. The monoisotopic (exact) mass is 713 g/mol. The fourth-order valence-corrected chi connectivity index (χ4v) is 9.88. The van der Waals surface area contributed by atoms with Gasteiger partial charge in [-0.05, 0) is 111 Å². The zero-order valence-corrected chi connectivity index (χ0v) is 32.5. The van der Waals surface area contributed by atoms with Crippen LogP contribution in [-0.2, 0) is 16.2 Å². The molecule has 268 valence electrons. The second-order valence-electron chi connectivity index (χ2n) is 17.8. The average Bonchev–Trinajstić information content (AvgIpc) is 3.87. The van der Waals surface area contributed by atoms with E-state index in [1.54, 1.807) is 0 Å². The van der Waals surface area contributed by atoms with Gasteiger partial charge in [0.25, 0.3) is 0 Å². The van der Waals surface area contributed by atoms with Crippen LogP contribution in [-0.4, -0.2) is 0 Å². The van der Waals surface area contributed by atoms with E-state index in [-0.39, 0.29) is 16.2 Å². The molecular weight excluding hydrogens is 671 g/mol. The van der Waals surface area contributed by atoms with Crippen molar-refractivity contribution in [3.8, 4) is 22.3 Å². The van der Waals surface area contributed by atoms with Crippen LogP contribution < -0.4 is 4.90 Å². The number of hydrogen-bond donors (Lipinski definition) is 0. The highest BCUT2D eigenvalue weighted by atomic mass is 16.3. The topological polar surface area (TPSA) is 29.5 Å². The van der Waals surface area contributed by atoms with Gasteiger partial charge in [-0.25, -0.2) is 0 Å². The van der Waals surface area contributed by atoms with Crippen molar-refractivity contribution < 1.29 is 8.83 Å². The summed E-state index contributed by atoms with van der Waals surface area (Å²) in [5.41, 5.74) is 18.5. The van der Waals surface area contributed by atoms with Crippen molar-refractivity contribution >= 4 is 60.9 Å². The van der Waals surface area contributed by atoms with Gasteiger partial charge in [-0.1, -0.05) is 121 Å². The van der Waals surface area contributed by atoms with E-state index in [4.69, 9.17) is 8.83 Å². The van der Waals surface area contributed by atoms with Crippen LogP contribution in [0.25, 0.3) is 66.1 Å². The molecule has 0 radical (unpaired) electrons. The van der Waals surface area contributed by atoms with Gasteiger partial charge < -0.3 is 13.7 Å². The quantitative estimate of drug-likeness (QED) is 0.183. The molecule has 0 N–H and O–H groups in total. The molecule has 2 aromatic heterocycles. The molecule has 7 aromatic carbocycles. The molecule has 0 aliphatic heterocycles. The van der Waals surface area contributed by atoms with Crippen molar-refractivity contribution in [1.29, 1.82) is 0 Å². The van der Waals surface area contributed by atoms with Crippen LogP contribution in [0.2, 0.25) is 0 Å². The maximum atomic E-state index is 6.66. The second-order valence-corrected chi connectivity index (χ2v) is 17.8. The Kier molecular flexibility index (Phi) is 6.35. The summed E-state index contributed by atoms with van der Waals surface area (Å²) in [7, 11) is 0. The van der Waals surface area contributed by atoms with E-state index in [2.05, 4.69) is 181 Å². The highest BCUT2D eigenvalue weighted by molar-refractivity contribution is 6.17. The summed E-state index contributed by atoms with van der Waals surface area (Å²) in [6, 6.07) is 49.2. The molecule has 55 heavy (non-hydrogen) atoms. The molecule has 0 atom stereocenters. The standard InChI is InChI=1S/C52H43NO2/c1-50(2,3)30-19-24-45-37(27-30)47-46(55-45)26-23-40-49(47)48-39(52(40,6)7)16-12-17-42(48)53(31-21-25-44-36(28-31)35-14-9-11-18-43(35)54-44)32-20-22-34-33-13-8-10-15-38(33)51(4,5)41(34)29-32/h8-29H,1-7H3. The van der Waals surface area contributed by atoms with Crippen LogP contribution in [0.15, 0.2) is 142 Å². The minimum absolute atomic E-state index is 0.00573. The second kappa shape index (κ2) is 10.8. The first-order valence-electron chi connectivity index (χ1n) is 19.5. The van der Waals surface area contributed by atoms with Crippen LogP contribution in [0.5, 0.6) is 0 Å². The summed E-state index contributed by atoms with van der Waals surface area (Å²) in [6.07, 6.45) is 0. The van der Waals surface area contributed by atoms with Crippen LogP contribution in [0.4, 0.5) is 17.1 Å². The Balaban J connectivity index is 1.23. The fourth-order valence-electron chi connectivity index (χ4n) is 9.88. The smallest absolute Gasteiger partial charge is 0.136 e. The molecule has 0 amide bonds. The maximum absolute atomic E-state index is 6.66. The van der Waals surface area contributed by atoms with E-state index in [0.717, 1.165) is 50.2 Å². The molecule has 3 heteroatoms. The van der Waals surface area contributed by atoms with Gasteiger partial charge >= 0.3 is 0 Å². The maximum Gasteiger partial charge on any atom is 0.136 e. The molecule has 0 unspecified atom stereocenters. The van der Waals surface area contributed by atoms with E-state index in [0.29, 0.717) is 0 Å². The Morgan fingerprint density at radius 2 is 1.07 bits per heavy atom. The Bertz CT molecular complexity index is 3090. The first-order valence-corrected chi connectivity index (χ1v) is 19.5. The normalized spacial score (nSPS) is 15.1. The lowest BCUT2D eigenvalue weighted by atomic mass is 9.82. The van der Waals surface area contributed by atoms with Gasteiger partial charge in [0.05, 0.1) is 5.69 Å². The van der Waals surface area contributed by atoms with E-state index in [9.17, 15) is 0 Å². The lowest BCUT2D eigenvalue weighted by Gasteiger charge is -2.30. The van der Waals surface area contributed by atoms with Gasteiger partial charge in [0.1, 0.15) is 22.3 Å². The summed E-state index contributed by atoms with van der Waals surface area (Å²) in [4.78, 5) is 2.49. The summed E-state index contributed by atoms with van der Waals surface area (Å²) >= 11 is 0. The van der Waals surface area contributed by atoms with Gasteiger partial charge in [0, 0.05) is 49.3 Å². The number of nitrogens with zero attached hydrogens (tertiary/aromatic N) is 1. The van der Waals surface area contributed by atoms with Crippen molar-refractivity contribution in [2.24, 2.45) is 0 Å². The Labute approximate surface area is 321 Å². The van der Waals surface area contributed by atoms with Gasteiger partial charge in [-0.3, -0.25) is 0 Å². The Morgan fingerprint density at radius 1 is 0.455 bits per heavy atom. The van der Waals surface area contributed by atoms with Crippen molar-refractivity contribution in [1.82, 2.24) is 0 Å². The van der Waals surface area contributed by atoms with Crippen LogP contribution >= 0.6 is 0 Å². The summed E-state index contributed by atoms with van der Waals surface area (Å²) in [6.45, 7) is 16.3. The predicted molar refractivity (Wildman–Crippen MR) is 230 cm³/mol. The van der Waals surface area contributed by atoms with Gasteiger partial charge in [-0.15, -0.1) is 0 Å². The van der Waals surface area contributed by atoms with E-state index < -0.39 is 0 Å². The number of benzene rings is 7. The minimum atomic E-state index is -0.224. The lowest BCUT2D eigenvalue weighted by molar-refractivity contribution is 0.590. The number of para-hydroxylation sites is 1. The van der Waals surface area contributed by atoms with Crippen LogP contribution in [0.1, 0.15) is 76.3 Å². The minimum Gasteiger partial charge on any atom is -0.456 e. The zero-order valence-electron chi connectivity index (χ0n) is 32.5. The van der Waals surface area contributed by atoms with E-state index >= 15 is 0 Å². The molecule has 0 bridgehead atoms. The van der Waals surface area contributed by atoms with Gasteiger partial charge in [0.15, 0.2) is 0 Å². The number of furan rings is 2. The van der Waals surface area contributed by atoms with Crippen LogP contribution in [0, 0.1) is 0 Å². The molecular formula is C52H43NO2. The Morgan fingerprint density at radius 3 is 1.93 bits per heavy atom. The molecule has 0 spiro atoms. The molecule has 11 rings (SSSR count). The third kappa shape index (κ3) is 4.38. The Hall–Kier alpha value is -6.06. The molecule has 2 aliphatic rings. The van der Waals surface area contributed by atoms with Crippen molar-refractivity contribution in [2.45, 2.75) is 64.7 Å². The molecule has 2 aliphatic carbocycles. The first-order chi connectivity index (χ1) is 26.4. The van der Waals surface area contributed by atoms with Gasteiger partial charge in [-0.2, -0.15) is 0 Å². The summed E-state index contributed by atoms with van der Waals surface area (Å²) in [5.74, 6) is 0. The number of fused-ring (bicyclic) bond motifs is 13. The summed E-state index contributed by atoms with van der Waals surface area (Å²) < 4.78 is 13.0. The first kappa shape index (κ1) is 32.4. The molecule has 0 saturated heterocycles. The zero-order chi connectivity index (χ0) is 37.6. The number of anilines is 3. The molecule has 9 aromatic rings. The molecule has 0 fully saturated rings. The highest BCUT2D eigenvalue weighted by Crippen LogP contribution is 2.58. The molecule has 2 heterocycles.